The van der Waals surface area contributed by atoms with Crippen LogP contribution in [0.2, 0.25) is 0 Å². The molecule has 0 unspecified atom stereocenters. The Balaban J connectivity index is 1.67. The van der Waals surface area contributed by atoms with Crippen molar-refractivity contribution >= 4 is 23.5 Å². The fourth-order valence-corrected chi connectivity index (χ4v) is 2.82. The topological polar surface area (TPSA) is 105 Å². The molecule has 0 aliphatic heterocycles. The van der Waals surface area contributed by atoms with Gasteiger partial charge in [0, 0.05) is 18.2 Å². The molecule has 0 saturated heterocycles. The maximum Gasteiger partial charge on any atom is 0.343 e. The van der Waals surface area contributed by atoms with Crippen LogP contribution in [0.25, 0.3) is 6.08 Å². The van der Waals surface area contributed by atoms with Crippen molar-refractivity contribution in [2.45, 2.75) is 0 Å². The van der Waals surface area contributed by atoms with Crippen LogP contribution >= 0.6 is 0 Å². The number of methoxy groups -OCH3 is 2. The summed E-state index contributed by atoms with van der Waals surface area (Å²) in [6, 6.07) is 16.7. The van der Waals surface area contributed by atoms with E-state index in [0.29, 0.717) is 22.6 Å². The lowest BCUT2D eigenvalue weighted by Gasteiger charge is -2.08. The average Bonchev–Trinajstić information content (AvgIpc) is 2.82. The summed E-state index contributed by atoms with van der Waals surface area (Å²) < 4.78 is 15.6. The second-order valence-corrected chi connectivity index (χ2v) is 6.53. The van der Waals surface area contributed by atoms with Crippen molar-refractivity contribution in [2.24, 2.45) is 0 Å². The van der Waals surface area contributed by atoms with Gasteiger partial charge in [-0.2, -0.15) is 0 Å². The SMILES string of the molecule is COc1ccc(C(=O)C=Cc2ccc(OC(=O)c3cccc([N+](=O)[O-])c3)cc2)c(OC)c1. The number of carbonyl (C=O) groups is 2. The summed E-state index contributed by atoms with van der Waals surface area (Å²) in [5.41, 5.74) is 0.980. The predicted molar refractivity (Wildman–Crippen MR) is 117 cm³/mol. The number of hydrogen-bond acceptors (Lipinski definition) is 7. The summed E-state index contributed by atoms with van der Waals surface area (Å²) >= 11 is 0. The quantitative estimate of drug-likeness (QED) is 0.126. The number of nitrogens with zero attached hydrogens (tertiary/aromatic N) is 1. The number of nitro groups is 1. The second kappa shape index (κ2) is 10.0. The molecule has 162 valence electrons. The normalized spacial score (nSPS) is 10.6. The van der Waals surface area contributed by atoms with Crippen LogP contribution in [0.1, 0.15) is 26.3 Å². The van der Waals surface area contributed by atoms with Crippen LogP contribution in [-0.2, 0) is 0 Å². The third-order valence-electron chi connectivity index (χ3n) is 4.48. The smallest absolute Gasteiger partial charge is 0.343 e. The Bertz CT molecular complexity index is 1180. The van der Waals surface area contributed by atoms with Gasteiger partial charge in [-0.3, -0.25) is 14.9 Å². The molecular formula is C24H19NO7. The maximum absolute atomic E-state index is 12.5. The Morgan fingerprint density at radius 3 is 2.28 bits per heavy atom. The van der Waals surface area contributed by atoms with Crippen molar-refractivity contribution in [1.82, 2.24) is 0 Å². The molecule has 0 saturated carbocycles. The van der Waals surface area contributed by atoms with Gasteiger partial charge in [0.05, 0.1) is 30.3 Å². The summed E-state index contributed by atoms with van der Waals surface area (Å²) in [6.07, 6.45) is 3.03. The van der Waals surface area contributed by atoms with E-state index in [9.17, 15) is 19.7 Å². The van der Waals surface area contributed by atoms with E-state index in [4.69, 9.17) is 14.2 Å². The molecule has 3 rings (SSSR count). The first-order chi connectivity index (χ1) is 15.4. The highest BCUT2D eigenvalue weighted by Gasteiger charge is 2.14. The number of carbonyl (C=O) groups excluding carboxylic acids is 2. The number of ether oxygens (including phenoxy) is 3. The lowest BCUT2D eigenvalue weighted by molar-refractivity contribution is -0.384. The summed E-state index contributed by atoms with van der Waals surface area (Å²) in [4.78, 5) is 35.0. The lowest BCUT2D eigenvalue weighted by Crippen LogP contribution is -2.08. The molecule has 0 radical (unpaired) electrons. The minimum Gasteiger partial charge on any atom is -0.497 e. The Morgan fingerprint density at radius 2 is 1.62 bits per heavy atom. The van der Waals surface area contributed by atoms with Crippen molar-refractivity contribution in [3.05, 3.63) is 99.6 Å². The van der Waals surface area contributed by atoms with Gasteiger partial charge in [0.25, 0.3) is 5.69 Å². The van der Waals surface area contributed by atoms with Crippen molar-refractivity contribution in [2.75, 3.05) is 14.2 Å². The Kier molecular flexibility index (Phi) is 6.97. The van der Waals surface area contributed by atoms with Gasteiger partial charge >= 0.3 is 5.97 Å². The number of benzene rings is 3. The predicted octanol–water partition coefficient (Wildman–Crippen LogP) is 4.73. The standard InChI is InChI=1S/C24H19NO7/c1-30-20-11-12-21(23(15-20)31-2)22(26)13-8-16-6-9-19(10-7-16)32-24(27)17-4-3-5-18(14-17)25(28)29/h3-15H,1-2H3. The Hall–Kier alpha value is -4.46. The molecule has 0 bridgehead atoms. The van der Waals surface area contributed by atoms with Gasteiger partial charge in [-0.1, -0.05) is 24.3 Å². The highest BCUT2D eigenvalue weighted by Crippen LogP contribution is 2.25. The molecule has 0 aromatic heterocycles. The van der Waals surface area contributed by atoms with Crippen molar-refractivity contribution in [1.29, 1.82) is 0 Å². The first-order valence-corrected chi connectivity index (χ1v) is 9.42. The minimum atomic E-state index is -0.709. The van der Waals surface area contributed by atoms with Crippen LogP contribution in [0.4, 0.5) is 5.69 Å². The number of non-ortho nitro benzene ring substituents is 1. The Labute approximate surface area is 183 Å². The summed E-state index contributed by atoms with van der Waals surface area (Å²) in [5.74, 6) is 0.297. The molecule has 8 heteroatoms. The molecule has 0 N–H and O–H groups in total. The first kappa shape index (κ1) is 22.2. The summed E-state index contributed by atoms with van der Waals surface area (Å²) in [7, 11) is 3.00. The number of hydrogen-bond donors (Lipinski definition) is 0. The molecule has 0 heterocycles. The molecule has 0 atom stereocenters. The molecule has 0 amide bonds. The van der Waals surface area contributed by atoms with Gasteiger partial charge in [0.2, 0.25) is 0 Å². The van der Waals surface area contributed by atoms with E-state index < -0.39 is 10.9 Å². The van der Waals surface area contributed by atoms with Gasteiger partial charge in [-0.05, 0) is 42.0 Å². The lowest BCUT2D eigenvalue weighted by atomic mass is 10.1. The van der Waals surface area contributed by atoms with E-state index in [1.807, 2.05) is 0 Å². The number of rotatable bonds is 8. The van der Waals surface area contributed by atoms with Gasteiger partial charge < -0.3 is 14.2 Å². The number of allylic oxidation sites excluding steroid dienone is 1. The summed E-state index contributed by atoms with van der Waals surface area (Å²) in [6.45, 7) is 0. The monoisotopic (exact) mass is 433 g/mol. The zero-order valence-corrected chi connectivity index (χ0v) is 17.3. The third-order valence-corrected chi connectivity index (χ3v) is 4.48. The minimum absolute atomic E-state index is 0.0715. The Morgan fingerprint density at radius 1 is 0.906 bits per heavy atom. The van der Waals surface area contributed by atoms with E-state index in [-0.39, 0.29) is 22.8 Å². The van der Waals surface area contributed by atoms with Crippen molar-refractivity contribution in [3.8, 4) is 17.2 Å². The van der Waals surface area contributed by atoms with E-state index >= 15 is 0 Å². The zero-order valence-electron chi connectivity index (χ0n) is 17.3. The first-order valence-electron chi connectivity index (χ1n) is 9.42. The fraction of sp³-hybridized carbons (Fsp3) is 0.0833. The maximum atomic E-state index is 12.5. The molecule has 8 nitrogen and oxygen atoms in total. The largest absolute Gasteiger partial charge is 0.497 e. The highest BCUT2D eigenvalue weighted by molar-refractivity contribution is 6.08. The van der Waals surface area contributed by atoms with Gasteiger partial charge in [-0.15, -0.1) is 0 Å². The van der Waals surface area contributed by atoms with Crippen molar-refractivity contribution in [3.63, 3.8) is 0 Å². The molecule has 3 aromatic carbocycles. The third kappa shape index (κ3) is 5.37. The number of nitro benzene ring substituents is 1. The molecule has 3 aromatic rings. The molecule has 32 heavy (non-hydrogen) atoms. The molecular weight excluding hydrogens is 414 g/mol. The molecule has 0 aliphatic rings. The highest BCUT2D eigenvalue weighted by atomic mass is 16.6. The van der Waals surface area contributed by atoms with Crippen LogP contribution in [0, 0.1) is 10.1 Å². The van der Waals surface area contributed by atoms with Gasteiger partial charge in [-0.25, -0.2) is 4.79 Å². The average molecular weight is 433 g/mol. The van der Waals surface area contributed by atoms with E-state index in [0.717, 1.165) is 6.07 Å². The van der Waals surface area contributed by atoms with E-state index in [2.05, 4.69) is 0 Å². The van der Waals surface area contributed by atoms with Crippen LogP contribution in [0.3, 0.4) is 0 Å². The van der Waals surface area contributed by atoms with Crippen LogP contribution in [-0.4, -0.2) is 30.9 Å². The molecule has 0 aliphatic carbocycles. The van der Waals surface area contributed by atoms with Crippen LogP contribution in [0.15, 0.2) is 72.8 Å². The molecule has 0 fully saturated rings. The van der Waals surface area contributed by atoms with Crippen LogP contribution in [0.5, 0.6) is 17.2 Å². The van der Waals surface area contributed by atoms with Crippen molar-refractivity contribution < 1.29 is 28.7 Å². The molecule has 0 spiro atoms. The number of esters is 1. The van der Waals surface area contributed by atoms with Gasteiger partial charge in [0.1, 0.15) is 17.2 Å². The van der Waals surface area contributed by atoms with E-state index in [1.165, 1.54) is 38.5 Å². The zero-order chi connectivity index (χ0) is 23.1. The van der Waals surface area contributed by atoms with E-state index in [1.54, 1.807) is 48.5 Å². The van der Waals surface area contributed by atoms with Crippen LogP contribution < -0.4 is 14.2 Å². The fourth-order valence-electron chi connectivity index (χ4n) is 2.82. The second-order valence-electron chi connectivity index (χ2n) is 6.53. The van der Waals surface area contributed by atoms with Gasteiger partial charge in [0.15, 0.2) is 5.78 Å². The number of ketones is 1. The summed E-state index contributed by atoms with van der Waals surface area (Å²) in [5, 5.41) is 10.8.